The molecule has 0 unspecified atom stereocenters. The van der Waals surface area contributed by atoms with Gasteiger partial charge in [-0.1, -0.05) is 0 Å². The number of imide groups is 2. The molecule has 2 N–H and O–H groups in total. The van der Waals surface area contributed by atoms with E-state index in [1.165, 1.54) is 0 Å². The molecule has 18 heavy (non-hydrogen) atoms. The first-order valence-electron chi connectivity index (χ1n) is 4.43. The first-order chi connectivity index (χ1) is 8.40. The zero-order valence-corrected chi connectivity index (χ0v) is 10.1. The number of amides is 4. The summed E-state index contributed by atoms with van der Waals surface area (Å²) in [6.45, 7) is -0.776. The van der Waals surface area contributed by atoms with Crippen LogP contribution in [0.15, 0.2) is 9.81 Å². The van der Waals surface area contributed by atoms with Gasteiger partial charge in [0, 0.05) is 0 Å². The van der Waals surface area contributed by atoms with E-state index < -0.39 is 34.8 Å². The lowest BCUT2D eigenvalue weighted by Gasteiger charge is -2.07. The maximum absolute atomic E-state index is 11.7. The molecule has 4 amide bonds. The van der Waals surface area contributed by atoms with Gasteiger partial charge in [-0.05, 0) is 23.5 Å². The Bertz CT molecular complexity index is 540. The summed E-state index contributed by atoms with van der Waals surface area (Å²) < 4.78 is 0. The topological polar surface area (TPSA) is 121 Å². The van der Waals surface area contributed by atoms with Crippen LogP contribution in [0.4, 0.5) is 9.59 Å². The number of nitrogens with one attached hydrogen (secondary N) is 1. The SMILES string of the molecule is O=C(O)CN1C(=O)S/C(=C2/SC(=O)NC2=O)C1=O. The molecule has 94 valence electrons. The van der Waals surface area contributed by atoms with Gasteiger partial charge in [-0.3, -0.25) is 34.2 Å². The van der Waals surface area contributed by atoms with E-state index in [4.69, 9.17) is 5.11 Å². The second-order valence-electron chi connectivity index (χ2n) is 3.15. The summed E-state index contributed by atoms with van der Waals surface area (Å²) in [6.07, 6.45) is 0. The first kappa shape index (κ1) is 12.6. The summed E-state index contributed by atoms with van der Waals surface area (Å²) in [6, 6.07) is 0. The van der Waals surface area contributed by atoms with Gasteiger partial charge in [-0.15, -0.1) is 0 Å². The number of thioether (sulfide) groups is 2. The molecule has 0 saturated carbocycles. The standard InChI is InChI=1S/C8H4N2O6S2/c11-2(12)1-10-6(14)4(18-8(10)16)3-5(13)9-7(15)17-3/h1H2,(H,11,12)(H,9,13,15)/b4-3+. The highest BCUT2D eigenvalue weighted by atomic mass is 32.2. The Morgan fingerprint density at radius 3 is 2.33 bits per heavy atom. The van der Waals surface area contributed by atoms with E-state index >= 15 is 0 Å². The largest absolute Gasteiger partial charge is 0.480 e. The summed E-state index contributed by atoms with van der Waals surface area (Å²) in [4.78, 5) is 56.1. The molecular formula is C8H4N2O6S2. The van der Waals surface area contributed by atoms with Crippen molar-refractivity contribution in [3.63, 3.8) is 0 Å². The van der Waals surface area contributed by atoms with Gasteiger partial charge in [0.25, 0.3) is 22.3 Å². The van der Waals surface area contributed by atoms with Crippen LogP contribution in [0.3, 0.4) is 0 Å². The molecule has 0 radical (unpaired) electrons. The lowest BCUT2D eigenvalue weighted by Crippen LogP contribution is -2.33. The molecule has 2 fully saturated rings. The number of carboxylic acid groups (broad SMARTS) is 1. The molecule has 0 bridgehead atoms. The molecule has 0 aromatic rings. The van der Waals surface area contributed by atoms with Crippen LogP contribution in [-0.2, 0) is 14.4 Å². The van der Waals surface area contributed by atoms with Gasteiger partial charge in [0.2, 0.25) is 0 Å². The third kappa shape index (κ3) is 2.11. The summed E-state index contributed by atoms with van der Waals surface area (Å²) >= 11 is 0.956. The molecule has 2 rings (SSSR count). The molecule has 2 heterocycles. The zero-order chi connectivity index (χ0) is 13.4. The first-order valence-corrected chi connectivity index (χ1v) is 6.06. The third-order valence-corrected chi connectivity index (χ3v) is 3.95. The van der Waals surface area contributed by atoms with Crippen LogP contribution in [0.1, 0.15) is 0 Å². The molecule has 10 heteroatoms. The van der Waals surface area contributed by atoms with E-state index in [2.05, 4.69) is 0 Å². The van der Waals surface area contributed by atoms with E-state index in [-0.39, 0.29) is 9.81 Å². The average molecular weight is 288 g/mol. The van der Waals surface area contributed by atoms with Gasteiger partial charge in [-0.2, -0.15) is 0 Å². The van der Waals surface area contributed by atoms with Crippen molar-refractivity contribution in [1.29, 1.82) is 0 Å². The van der Waals surface area contributed by atoms with Crippen molar-refractivity contribution in [3.05, 3.63) is 9.81 Å². The summed E-state index contributed by atoms with van der Waals surface area (Å²) in [5, 5.41) is 9.08. The monoisotopic (exact) mass is 288 g/mol. The van der Waals surface area contributed by atoms with Crippen LogP contribution < -0.4 is 5.32 Å². The normalized spacial score (nSPS) is 23.9. The Labute approximate surface area is 108 Å². The van der Waals surface area contributed by atoms with E-state index in [0.29, 0.717) is 28.4 Å². The van der Waals surface area contributed by atoms with Gasteiger partial charge in [-0.25, -0.2) is 0 Å². The number of rotatable bonds is 2. The maximum Gasteiger partial charge on any atom is 0.323 e. The van der Waals surface area contributed by atoms with E-state index in [1.807, 2.05) is 5.32 Å². The van der Waals surface area contributed by atoms with Gasteiger partial charge in [0.05, 0.1) is 0 Å². The highest BCUT2D eigenvalue weighted by molar-refractivity contribution is 8.22. The predicted octanol–water partition coefficient (Wildman–Crippen LogP) is -0.0390. The summed E-state index contributed by atoms with van der Waals surface area (Å²) in [7, 11) is 0. The van der Waals surface area contributed by atoms with Gasteiger partial charge < -0.3 is 5.11 Å². The Morgan fingerprint density at radius 1 is 1.17 bits per heavy atom. The number of hydrogen-bond acceptors (Lipinski definition) is 7. The average Bonchev–Trinajstić information content (AvgIpc) is 2.72. The van der Waals surface area contributed by atoms with Gasteiger partial charge in [0.1, 0.15) is 16.4 Å². The molecule has 8 nitrogen and oxygen atoms in total. The molecule has 2 saturated heterocycles. The smallest absolute Gasteiger partial charge is 0.323 e. The van der Waals surface area contributed by atoms with Gasteiger partial charge >= 0.3 is 5.97 Å². The van der Waals surface area contributed by atoms with Crippen molar-refractivity contribution in [3.8, 4) is 0 Å². The van der Waals surface area contributed by atoms with Crippen molar-refractivity contribution in [2.45, 2.75) is 0 Å². The fraction of sp³-hybridized carbons (Fsp3) is 0.125. The second kappa shape index (κ2) is 4.46. The highest BCUT2D eigenvalue weighted by Gasteiger charge is 2.42. The molecular weight excluding hydrogens is 284 g/mol. The predicted molar refractivity (Wildman–Crippen MR) is 60.5 cm³/mol. The summed E-state index contributed by atoms with van der Waals surface area (Å²) in [5.74, 6) is -2.98. The number of nitrogens with zero attached hydrogens (tertiary/aromatic N) is 1. The second-order valence-corrected chi connectivity index (χ2v) is 5.10. The van der Waals surface area contributed by atoms with Gasteiger partial charge in [0.15, 0.2) is 0 Å². The van der Waals surface area contributed by atoms with Crippen LogP contribution in [0.5, 0.6) is 0 Å². The van der Waals surface area contributed by atoms with Crippen molar-refractivity contribution in [1.82, 2.24) is 10.2 Å². The number of carbonyl (C=O) groups is 5. The molecule has 0 atom stereocenters. The van der Waals surface area contributed by atoms with Crippen LogP contribution >= 0.6 is 23.5 Å². The molecule has 0 aromatic heterocycles. The van der Waals surface area contributed by atoms with Crippen LogP contribution in [0.25, 0.3) is 0 Å². The van der Waals surface area contributed by atoms with Crippen molar-refractivity contribution in [2.24, 2.45) is 0 Å². The number of carboxylic acids is 1. The van der Waals surface area contributed by atoms with Crippen molar-refractivity contribution >= 4 is 51.8 Å². The molecule has 0 aromatic carbocycles. The van der Waals surface area contributed by atoms with Crippen LogP contribution in [0, 0.1) is 0 Å². The van der Waals surface area contributed by atoms with Crippen LogP contribution in [-0.4, -0.2) is 44.8 Å². The van der Waals surface area contributed by atoms with E-state index in [1.54, 1.807) is 0 Å². The Kier molecular flexibility index (Phi) is 3.13. The third-order valence-electron chi connectivity index (χ3n) is 1.97. The highest BCUT2D eigenvalue weighted by Crippen LogP contribution is 2.38. The number of hydrogen-bond donors (Lipinski definition) is 2. The van der Waals surface area contributed by atoms with Crippen LogP contribution in [0.2, 0.25) is 0 Å². The Morgan fingerprint density at radius 2 is 1.83 bits per heavy atom. The molecule has 0 spiro atoms. The van der Waals surface area contributed by atoms with Crippen molar-refractivity contribution in [2.75, 3.05) is 6.54 Å². The molecule has 2 aliphatic rings. The quantitative estimate of drug-likeness (QED) is 0.679. The lowest BCUT2D eigenvalue weighted by molar-refractivity contribution is -0.140. The minimum Gasteiger partial charge on any atom is -0.480 e. The fourth-order valence-electron chi connectivity index (χ4n) is 1.27. The zero-order valence-electron chi connectivity index (χ0n) is 8.46. The lowest BCUT2D eigenvalue weighted by atomic mass is 10.4. The summed E-state index contributed by atoms with van der Waals surface area (Å²) in [5.41, 5.74) is 0. The minimum atomic E-state index is -1.34. The Hall–Kier alpha value is -1.81. The van der Waals surface area contributed by atoms with E-state index in [9.17, 15) is 24.0 Å². The van der Waals surface area contributed by atoms with Crippen molar-refractivity contribution < 1.29 is 29.1 Å². The number of carbonyl (C=O) groups excluding carboxylic acids is 4. The molecule has 0 aliphatic carbocycles. The Balaban J connectivity index is 2.33. The van der Waals surface area contributed by atoms with E-state index in [0.717, 1.165) is 0 Å². The minimum absolute atomic E-state index is 0.170. The molecule has 2 aliphatic heterocycles. The fourth-order valence-corrected chi connectivity index (χ4v) is 2.99. The number of aliphatic carboxylic acids is 1. The maximum atomic E-state index is 11.7.